The van der Waals surface area contributed by atoms with E-state index in [1.165, 1.54) is 13.8 Å². The lowest BCUT2D eigenvalue weighted by molar-refractivity contribution is -0.145. The lowest BCUT2D eigenvalue weighted by Gasteiger charge is -2.27. The molecule has 1 rings (SSSR count). The second-order valence-electron chi connectivity index (χ2n) is 5.07. The van der Waals surface area contributed by atoms with Crippen LogP contribution in [0.25, 0.3) is 0 Å². The lowest BCUT2D eigenvalue weighted by Crippen LogP contribution is -2.41. The number of hydrogen-bond donors (Lipinski definition) is 1. The Labute approximate surface area is 131 Å². The molecule has 1 N–H and O–H groups in total. The van der Waals surface area contributed by atoms with Crippen molar-refractivity contribution in [3.63, 3.8) is 0 Å². The fraction of sp³-hybridized carbons (Fsp3) is 0.750. The van der Waals surface area contributed by atoms with Crippen LogP contribution < -0.4 is 4.13 Å². The van der Waals surface area contributed by atoms with Crippen LogP contribution in [0.15, 0.2) is 12.2 Å². The van der Waals surface area contributed by atoms with Crippen molar-refractivity contribution in [1.29, 1.82) is 0 Å². The molecular weight excluding hydrogens is 334 g/mol. The van der Waals surface area contributed by atoms with E-state index in [9.17, 15) is 21.6 Å². The first-order valence-corrected chi connectivity index (χ1v) is 9.81. The first-order chi connectivity index (χ1) is 10.1. The maximum Gasteiger partial charge on any atom is 0.349 e. The molecule has 0 atom stereocenters. The monoisotopic (exact) mass is 355 g/mol. The normalized spacial score (nSPS) is 23.0. The van der Waals surface area contributed by atoms with Crippen molar-refractivity contribution in [1.82, 2.24) is 4.13 Å². The van der Waals surface area contributed by atoms with Crippen molar-refractivity contribution in [2.75, 3.05) is 6.61 Å². The van der Waals surface area contributed by atoms with Gasteiger partial charge in [0.15, 0.2) is 0 Å². The number of carbonyl (C=O) groups is 1. The zero-order chi connectivity index (χ0) is 17.0. The highest BCUT2D eigenvalue weighted by atomic mass is 32.3. The number of carbonyl (C=O) groups excluding carboxylic acids is 1. The average molecular weight is 355 g/mol. The molecule has 0 aromatic carbocycles. The molecule has 128 valence electrons. The van der Waals surface area contributed by atoms with Crippen LogP contribution in [0, 0.1) is 0 Å². The zero-order valence-corrected chi connectivity index (χ0v) is 14.2. The van der Waals surface area contributed by atoms with E-state index in [4.69, 9.17) is 4.74 Å². The minimum absolute atomic E-state index is 0.158. The standard InChI is InChI=1S/C12H21NO7S2/c1-4-19-22(17,18)13-21(15,16)11-7-5-10(6-8-11)20-12(14)9(2)3/h10-11,13H,2,4-8H2,1,3H3. The molecule has 10 heteroatoms. The maximum absolute atomic E-state index is 12.0. The Morgan fingerprint density at radius 3 is 2.18 bits per heavy atom. The van der Waals surface area contributed by atoms with Crippen molar-refractivity contribution in [2.45, 2.75) is 50.9 Å². The van der Waals surface area contributed by atoms with Gasteiger partial charge in [-0.3, -0.25) is 4.18 Å². The van der Waals surface area contributed by atoms with Crippen molar-refractivity contribution >= 4 is 26.3 Å². The number of sulfonamides is 1. The summed E-state index contributed by atoms with van der Waals surface area (Å²) in [5.74, 6) is -0.511. The predicted octanol–water partition coefficient (Wildman–Crippen LogP) is 0.618. The van der Waals surface area contributed by atoms with E-state index in [1.807, 2.05) is 0 Å². The van der Waals surface area contributed by atoms with Crippen LogP contribution in [0.1, 0.15) is 39.5 Å². The van der Waals surface area contributed by atoms with Crippen molar-refractivity contribution in [3.05, 3.63) is 12.2 Å². The van der Waals surface area contributed by atoms with Crippen LogP contribution in [0.4, 0.5) is 0 Å². The molecule has 1 fully saturated rings. The van der Waals surface area contributed by atoms with Gasteiger partial charge in [0.25, 0.3) is 0 Å². The molecule has 0 radical (unpaired) electrons. The van der Waals surface area contributed by atoms with E-state index in [1.54, 1.807) is 4.13 Å². The van der Waals surface area contributed by atoms with Crippen LogP contribution in [0.3, 0.4) is 0 Å². The highest BCUT2D eigenvalue weighted by molar-refractivity contribution is 8.03. The van der Waals surface area contributed by atoms with Gasteiger partial charge in [0.1, 0.15) is 6.10 Å². The molecule has 0 aliphatic heterocycles. The minimum atomic E-state index is -4.32. The summed E-state index contributed by atoms with van der Waals surface area (Å²) in [4.78, 5) is 11.4. The van der Waals surface area contributed by atoms with E-state index in [0.717, 1.165) is 0 Å². The Balaban J connectivity index is 2.60. The molecule has 0 bridgehead atoms. The molecule has 0 heterocycles. The van der Waals surface area contributed by atoms with Gasteiger partial charge in [-0.25, -0.2) is 13.2 Å². The third-order valence-electron chi connectivity index (χ3n) is 3.17. The summed E-state index contributed by atoms with van der Waals surface area (Å²) in [5, 5.41) is -0.859. The molecule has 0 aromatic rings. The summed E-state index contributed by atoms with van der Waals surface area (Å²) < 4.78 is 57.9. The summed E-state index contributed by atoms with van der Waals surface area (Å²) in [5.41, 5.74) is 0.277. The first-order valence-electron chi connectivity index (χ1n) is 6.85. The predicted molar refractivity (Wildman–Crippen MR) is 79.6 cm³/mol. The molecule has 0 aromatic heterocycles. The molecular formula is C12H21NO7S2. The third kappa shape index (κ3) is 5.67. The van der Waals surface area contributed by atoms with Gasteiger partial charge in [0.05, 0.1) is 11.9 Å². The molecule has 0 amide bonds. The molecule has 22 heavy (non-hydrogen) atoms. The number of rotatable bonds is 7. The Morgan fingerprint density at radius 2 is 1.73 bits per heavy atom. The first kappa shape index (κ1) is 19.1. The lowest BCUT2D eigenvalue weighted by atomic mass is 9.97. The fourth-order valence-corrected chi connectivity index (χ4v) is 5.18. The van der Waals surface area contributed by atoms with Crippen molar-refractivity contribution in [2.24, 2.45) is 0 Å². The van der Waals surface area contributed by atoms with Gasteiger partial charge < -0.3 is 4.74 Å². The summed E-state index contributed by atoms with van der Waals surface area (Å²) >= 11 is 0. The van der Waals surface area contributed by atoms with Gasteiger partial charge in [-0.05, 0) is 39.5 Å². The Kier molecular flexibility index (Phi) is 6.53. The average Bonchev–Trinajstić information content (AvgIpc) is 2.37. The highest BCUT2D eigenvalue weighted by Crippen LogP contribution is 2.26. The molecule has 8 nitrogen and oxygen atoms in total. The number of hydrogen-bond acceptors (Lipinski definition) is 7. The molecule has 0 saturated heterocycles. The van der Waals surface area contributed by atoms with Crippen LogP contribution in [-0.4, -0.2) is 40.8 Å². The second kappa shape index (κ2) is 7.53. The molecule has 0 unspecified atom stereocenters. The number of esters is 1. The van der Waals surface area contributed by atoms with Gasteiger partial charge in [-0.15, -0.1) is 0 Å². The quantitative estimate of drug-likeness (QED) is 0.525. The second-order valence-corrected chi connectivity index (χ2v) is 8.64. The van der Waals surface area contributed by atoms with Gasteiger partial charge in [-0.1, -0.05) is 10.7 Å². The number of ether oxygens (including phenoxy) is 1. The smallest absolute Gasteiger partial charge is 0.349 e. The Hall–Kier alpha value is -0.970. The highest BCUT2D eigenvalue weighted by Gasteiger charge is 2.35. The van der Waals surface area contributed by atoms with Crippen LogP contribution in [0.5, 0.6) is 0 Å². The third-order valence-corrected chi connectivity index (χ3v) is 6.81. The van der Waals surface area contributed by atoms with Gasteiger partial charge in [0, 0.05) is 5.57 Å². The van der Waals surface area contributed by atoms with Crippen LogP contribution in [0.2, 0.25) is 0 Å². The van der Waals surface area contributed by atoms with Crippen LogP contribution >= 0.6 is 0 Å². The van der Waals surface area contributed by atoms with E-state index >= 15 is 0 Å². The topological polar surface area (TPSA) is 116 Å². The van der Waals surface area contributed by atoms with E-state index in [2.05, 4.69) is 10.8 Å². The molecule has 0 spiro atoms. The SMILES string of the molecule is C=C(C)C(=O)OC1CCC(S(=O)(=O)NS(=O)(=O)OCC)CC1. The molecule has 1 aliphatic carbocycles. The maximum atomic E-state index is 12.0. The van der Waals surface area contributed by atoms with E-state index in [0.29, 0.717) is 12.8 Å². The van der Waals surface area contributed by atoms with E-state index < -0.39 is 31.5 Å². The Bertz CT molecular complexity index is 616. The van der Waals surface area contributed by atoms with Gasteiger partial charge >= 0.3 is 16.3 Å². The summed E-state index contributed by atoms with van der Waals surface area (Å²) in [6.07, 6.45) is 0.716. The summed E-state index contributed by atoms with van der Waals surface area (Å²) in [6.45, 7) is 6.28. The zero-order valence-electron chi connectivity index (χ0n) is 12.6. The van der Waals surface area contributed by atoms with Gasteiger partial charge in [0.2, 0.25) is 10.0 Å². The van der Waals surface area contributed by atoms with Gasteiger partial charge in [-0.2, -0.15) is 8.42 Å². The molecule has 1 saturated carbocycles. The minimum Gasteiger partial charge on any atom is -0.459 e. The summed E-state index contributed by atoms with van der Waals surface area (Å²) in [6, 6.07) is 0. The van der Waals surface area contributed by atoms with Crippen molar-refractivity contribution in [3.8, 4) is 0 Å². The number of nitrogens with one attached hydrogen (secondary N) is 1. The largest absolute Gasteiger partial charge is 0.459 e. The fourth-order valence-electron chi connectivity index (χ4n) is 2.10. The Morgan fingerprint density at radius 1 is 1.18 bits per heavy atom. The van der Waals surface area contributed by atoms with Crippen molar-refractivity contribution < 1.29 is 30.6 Å². The van der Waals surface area contributed by atoms with Crippen LogP contribution in [-0.2, 0) is 34.0 Å². The van der Waals surface area contributed by atoms with E-state index in [-0.39, 0.29) is 31.1 Å². The molecule has 1 aliphatic rings. The summed E-state index contributed by atoms with van der Waals surface area (Å²) in [7, 11) is -8.37.